The fourth-order valence-corrected chi connectivity index (χ4v) is 2.50. The molecule has 2 N–H and O–H groups in total. The number of nitrogens with one attached hydrogen (secondary N) is 2. The van der Waals surface area contributed by atoms with Gasteiger partial charge in [0.05, 0.1) is 17.1 Å². The largest absolute Gasteiger partial charge is 0.484 e. The summed E-state index contributed by atoms with van der Waals surface area (Å²) in [5, 5.41) is 3.54. The average Bonchev–Trinajstić information content (AvgIpc) is 3.00. The Labute approximate surface area is 145 Å². The third-order valence-corrected chi connectivity index (χ3v) is 4.12. The number of imidazole rings is 1. The molecule has 0 radical (unpaired) electrons. The van der Waals surface area contributed by atoms with Crippen LogP contribution in [0, 0.1) is 6.92 Å². The van der Waals surface area contributed by atoms with Crippen LogP contribution in [0.25, 0.3) is 11.0 Å². The van der Waals surface area contributed by atoms with Crippen LogP contribution in [-0.4, -0.2) is 22.5 Å². The number of fused-ring (bicyclic) bond motifs is 1. The molecule has 1 heterocycles. The summed E-state index contributed by atoms with van der Waals surface area (Å²) in [4.78, 5) is 19.7. The zero-order chi connectivity index (χ0) is 17.1. The Morgan fingerprint density at radius 2 is 2.12 bits per heavy atom. The van der Waals surface area contributed by atoms with E-state index in [0.717, 1.165) is 16.6 Å². The van der Waals surface area contributed by atoms with E-state index in [2.05, 4.69) is 15.3 Å². The van der Waals surface area contributed by atoms with Gasteiger partial charge in [-0.2, -0.15) is 0 Å². The van der Waals surface area contributed by atoms with E-state index in [0.29, 0.717) is 16.6 Å². The molecule has 0 bridgehead atoms. The van der Waals surface area contributed by atoms with Gasteiger partial charge >= 0.3 is 0 Å². The number of hydrogen-bond donors (Lipinski definition) is 2. The van der Waals surface area contributed by atoms with E-state index < -0.39 is 0 Å². The van der Waals surface area contributed by atoms with Crippen molar-refractivity contribution in [3.63, 3.8) is 0 Å². The summed E-state index contributed by atoms with van der Waals surface area (Å²) in [6.07, 6.45) is 0. The number of aromatic amines is 1. The van der Waals surface area contributed by atoms with Gasteiger partial charge in [0, 0.05) is 5.02 Å². The summed E-state index contributed by atoms with van der Waals surface area (Å²) in [5.41, 5.74) is 2.73. The summed E-state index contributed by atoms with van der Waals surface area (Å²) in [6, 6.07) is 12.8. The molecule has 1 unspecified atom stereocenters. The van der Waals surface area contributed by atoms with E-state index in [9.17, 15) is 4.79 Å². The topological polar surface area (TPSA) is 67.0 Å². The van der Waals surface area contributed by atoms with E-state index in [1.54, 1.807) is 18.2 Å². The van der Waals surface area contributed by atoms with Crippen molar-refractivity contribution in [1.29, 1.82) is 0 Å². The number of aryl methyl sites for hydroxylation is 1. The van der Waals surface area contributed by atoms with E-state index in [-0.39, 0.29) is 18.6 Å². The number of halogens is 1. The van der Waals surface area contributed by atoms with Gasteiger partial charge in [0.15, 0.2) is 6.61 Å². The maximum atomic E-state index is 12.1. The highest BCUT2D eigenvalue weighted by atomic mass is 35.5. The average molecular weight is 344 g/mol. The molecule has 0 aliphatic heterocycles. The number of carbonyl (C=O) groups excluding carboxylic acids is 1. The third-order valence-electron chi connectivity index (χ3n) is 3.69. The SMILES string of the molecule is Cc1cc(OCC(=O)NC(C)c2nc3ccccc3[nH]2)ccc1Cl. The number of hydrogen-bond acceptors (Lipinski definition) is 3. The monoisotopic (exact) mass is 343 g/mol. The second-order valence-corrected chi connectivity index (χ2v) is 6.04. The van der Waals surface area contributed by atoms with Gasteiger partial charge in [-0.3, -0.25) is 4.79 Å². The number of rotatable bonds is 5. The Bertz CT molecular complexity index is 843. The molecular weight excluding hydrogens is 326 g/mol. The predicted molar refractivity (Wildman–Crippen MR) is 94.3 cm³/mol. The summed E-state index contributed by atoms with van der Waals surface area (Å²) in [7, 11) is 0. The Morgan fingerprint density at radius 3 is 2.88 bits per heavy atom. The second-order valence-electron chi connectivity index (χ2n) is 5.63. The molecule has 1 aromatic heterocycles. The van der Waals surface area contributed by atoms with E-state index in [4.69, 9.17) is 16.3 Å². The van der Waals surface area contributed by atoms with E-state index in [1.807, 2.05) is 38.1 Å². The zero-order valence-corrected chi connectivity index (χ0v) is 14.2. The molecule has 124 valence electrons. The first-order valence-corrected chi connectivity index (χ1v) is 8.03. The Hall–Kier alpha value is -2.53. The molecule has 5 nitrogen and oxygen atoms in total. The zero-order valence-electron chi connectivity index (χ0n) is 13.5. The predicted octanol–water partition coefficient (Wildman–Crippen LogP) is 3.78. The molecule has 0 saturated heterocycles. The molecule has 0 saturated carbocycles. The lowest BCUT2D eigenvalue weighted by Gasteiger charge is -2.12. The smallest absolute Gasteiger partial charge is 0.258 e. The van der Waals surface area contributed by atoms with Crippen LogP contribution in [0.5, 0.6) is 5.75 Å². The molecule has 0 aliphatic carbocycles. The van der Waals surface area contributed by atoms with Crippen molar-refractivity contribution >= 4 is 28.5 Å². The van der Waals surface area contributed by atoms with Crippen molar-refractivity contribution in [2.75, 3.05) is 6.61 Å². The maximum Gasteiger partial charge on any atom is 0.258 e. The van der Waals surface area contributed by atoms with Crippen LogP contribution in [0.15, 0.2) is 42.5 Å². The molecule has 1 amide bonds. The van der Waals surface area contributed by atoms with Gasteiger partial charge in [-0.05, 0) is 49.7 Å². The quantitative estimate of drug-likeness (QED) is 0.740. The van der Waals surface area contributed by atoms with Crippen LogP contribution in [0.3, 0.4) is 0 Å². The van der Waals surface area contributed by atoms with Crippen LogP contribution >= 0.6 is 11.6 Å². The molecule has 3 aromatic rings. The van der Waals surface area contributed by atoms with Crippen molar-refractivity contribution in [3.05, 3.63) is 58.9 Å². The molecule has 0 aliphatic rings. The number of amides is 1. The number of ether oxygens (including phenoxy) is 1. The summed E-state index contributed by atoms with van der Waals surface area (Å²) in [6.45, 7) is 3.70. The van der Waals surface area contributed by atoms with Crippen molar-refractivity contribution in [3.8, 4) is 5.75 Å². The summed E-state index contributed by atoms with van der Waals surface area (Å²) >= 11 is 5.97. The second kappa shape index (κ2) is 6.93. The first kappa shape index (κ1) is 16.3. The van der Waals surface area contributed by atoms with Crippen LogP contribution in [0.4, 0.5) is 0 Å². The molecular formula is C18H18ClN3O2. The first-order valence-electron chi connectivity index (χ1n) is 7.66. The van der Waals surface area contributed by atoms with E-state index in [1.165, 1.54) is 0 Å². The lowest BCUT2D eigenvalue weighted by molar-refractivity contribution is -0.123. The number of nitrogens with zero attached hydrogens (tertiary/aromatic N) is 1. The Morgan fingerprint density at radius 1 is 1.33 bits per heavy atom. The minimum atomic E-state index is -0.236. The maximum absolute atomic E-state index is 12.1. The highest BCUT2D eigenvalue weighted by molar-refractivity contribution is 6.31. The molecule has 0 spiro atoms. The summed E-state index contributed by atoms with van der Waals surface area (Å²) < 4.78 is 5.50. The van der Waals surface area contributed by atoms with Crippen LogP contribution in [0.1, 0.15) is 24.4 Å². The Balaban J connectivity index is 1.58. The van der Waals surface area contributed by atoms with Crippen LogP contribution in [-0.2, 0) is 4.79 Å². The molecule has 3 rings (SSSR count). The van der Waals surface area contributed by atoms with E-state index >= 15 is 0 Å². The lowest BCUT2D eigenvalue weighted by Crippen LogP contribution is -2.31. The summed E-state index contributed by atoms with van der Waals surface area (Å²) in [5.74, 6) is 1.12. The number of para-hydroxylation sites is 2. The molecule has 2 aromatic carbocycles. The molecule has 1 atom stereocenters. The van der Waals surface area contributed by atoms with Crippen molar-refractivity contribution in [2.45, 2.75) is 19.9 Å². The van der Waals surface area contributed by atoms with Crippen molar-refractivity contribution < 1.29 is 9.53 Å². The number of H-pyrrole nitrogens is 1. The van der Waals surface area contributed by atoms with Gasteiger partial charge in [0.2, 0.25) is 0 Å². The number of carbonyl (C=O) groups is 1. The van der Waals surface area contributed by atoms with Gasteiger partial charge in [0.25, 0.3) is 5.91 Å². The minimum absolute atomic E-state index is 0.0638. The van der Waals surface area contributed by atoms with Gasteiger partial charge < -0.3 is 15.0 Å². The van der Waals surface area contributed by atoms with Gasteiger partial charge in [0.1, 0.15) is 11.6 Å². The fraction of sp³-hybridized carbons (Fsp3) is 0.222. The van der Waals surface area contributed by atoms with Crippen molar-refractivity contribution in [1.82, 2.24) is 15.3 Å². The lowest BCUT2D eigenvalue weighted by atomic mass is 10.2. The number of benzene rings is 2. The minimum Gasteiger partial charge on any atom is -0.484 e. The normalized spacial score (nSPS) is 12.1. The highest BCUT2D eigenvalue weighted by Crippen LogP contribution is 2.21. The first-order chi connectivity index (χ1) is 11.5. The van der Waals surface area contributed by atoms with Gasteiger partial charge in [-0.1, -0.05) is 23.7 Å². The fourth-order valence-electron chi connectivity index (χ4n) is 2.38. The van der Waals surface area contributed by atoms with Crippen LogP contribution in [0.2, 0.25) is 5.02 Å². The highest BCUT2D eigenvalue weighted by Gasteiger charge is 2.14. The molecule has 0 fully saturated rings. The van der Waals surface area contributed by atoms with Crippen LogP contribution < -0.4 is 10.1 Å². The van der Waals surface area contributed by atoms with Gasteiger partial charge in [-0.15, -0.1) is 0 Å². The number of aromatic nitrogens is 2. The molecule has 6 heteroatoms. The Kier molecular flexibility index (Phi) is 4.71. The third kappa shape index (κ3) is 3.68. The van der Waals surface area contributed by atoms with Crippen molar-refractivity contribution in [2.24, 2.45) is 0 Å². The molecule has 24 heavy (non-hydrogen) atoms. The standard InChI is InChI=1S/C18H18ClN3O2/c1-11-9-13(7-8-14(11)19)24-10-17(23)20-12(2)18-21-15-5-3-4-6-16(15)22-18/h3-9,12H,10H2,1-2H3,(H,20,23)(H,21,22). The van der Waals surface area contributed by atoms with Gasteiger partial charge in [-0.25, -0.2) is 4.98 Å².